The average molecular weight is 464 g/mol. The van der Waals surface area contributed by atoms with Crippen LogP contribution in [0.2, 0.25) is 0 Å². The third kappa shape index (κ3) is 4.13. The first-order valence-electron chi connectivity index (χ1n) is 12.1. The number of fused-ring (bicyclic) bond motifs is 1. The molecule has 0 saturated carbocycles. The van der Waals surface area contributed by atoms with Crippen LogP contribution in [-0.4, -0.2) is 43.6 Å². The first-order valence-corrected chi connectivity index (χ1v) is 12.1. The van der Waals surface area contributed by atoms with E-state index in [-0.39, 0.29) is 0 Å². The summed E-state index contributed by atoms with van der Waals surface area (Å²) >= 11 is 0. The average Bonchev–Trinajstić information content (AvgIpc) is 3.23. The fraction of sp³-hybridized carbons (Fsp3) is 0.250. The summed E-state index contributed by atoms with van der Waals surface area (Å²) in [4.78, 5) is 16.7. The van der Waals surface area contributed by atoms with Gasteiger partial charge in [-0.05, 0) is 92.5 Å². The number of likely N-dealkylation sites (tertiary alicyclic amines) is 1. The Kier molecular flexibility index (Phi) is 5.43. The zero-order valence-electron chi connectivity index (χ0n) is 19.9. The monoisotopic (exact) mass is 463 g/mol. The minimum atomic E-state index is 0.342. The van der Waals surface area contributed by atoms with Gasteiger partial charge >= 0.3 is 0 Å². The molecule has 4 N–H and O–H groups in total. The van der Waals surface area contributed by atoms with E-state index in [2.05, 4.69) is 57.8 Å². The highest BCUT2D eigenvalue weighted by Gasteiger charge is 2.20. The molecule has 6 rings (SSSR count). The number of pyridine rings is 2. The standard InChI is InChI=1S/C28H29N7/c1-18-15-20(16-18)24-8-9-25-28(32-24)35(27(33-25)23-3-2-12-31-26(23)30)22-6-4-19(5-7-22)17-34-13-10-21(29)11-14-34/h2-9,12,15-16,21H,10-11,13-14,17,29H2,1H3,(H2,30,31). The Hall–Kier alpha value is -3.81. The Balaban J connectivity index is 1.41. The van der Waals surface area contributed by atoms with Crippen LogP contribution in [0.3, 0.4) is 0 Å². The lowest BCUT2D eigenvalue weighted by atomic mass is 9.97. The molecule has 1 aromatic carbocycles. The van der Waals surface area contributed by atoms with Crippen molar-refractivity contribution in [2.75, 3.05) is 18.8 Å². The van der Waals surface area contributed by atoms with E-state index in [0.717, 1.165) is 72.0 Å². The molecular formula is C28H29N7. The van der Waals surface area contributed by atoms with Crippen molar-refractivity contribution < 1.29 is 0 Å². The van der Waals surface area contributed by atoms with Crippen molar-refractivity contribution in [3.63, 3.8) is 0 Å². The quantitative estimate of drug-likeness (QED) is 0.457. The molecule has 4 heterocycles. The maximum absolute atomic E-state index is 6.27. The molecule has 7 nitrogen and oxygen atoms in total. The topological polar surface area (TPSA) is 98.9 Å². The van der Waals surface area contributed by atoms with Crippen molar-refractivity contribution in [3.05, 3.63) is 83.7 Å². The summed E-state index contributed by atoms with van der Waals surface area (Å²) in [6.07, 6.45) is 8.12. The van der Waals surface area contributed by atoms with E-state index in [4.69, 9.17) is 21.4 Å². The summed E-state index contributed by atoms with van der Waals surface area (Å²) in [5.41, 5.74) is 20.4. The molecule has 0 unspecified atom stereocenters. The van der Waals surface area contributed by atoms with E-state index in [1.807, 2.05) is 24.3 Å². The first-order chi connectivity index (χ1) is 17.0. The van der Waals surface area contributed by atoms with Crippen molar-refractivity contribution in [2.45, 2.75) is 32.4 Å². The molecule has 3 aromatic heterocycles. The Morgan fingerprint density at radius 3 is 2.46 bits per heavy atom. The number of nitrogens with zero attached hydrogens (tertiary/aromatic N) is 5. The molecular weight excluding hydrogens is 434 g/mol. The van der Waals surface area contributed by atoms with Crippen LogP contribution in [0.5, 0.6) is 0 Å². The van der Waals surface area contributed by atoms with E-state index < -0.39 is 0 Å². The zero-order valence-corrected chi connectivity index (χ0v) is 19.9. The Labute approximate surface area is 204 Å². The lowest BCUT2D eigenvalue weighted by Gasteiger charge is -2.30. The van der Waals surface area contributed by atoms with Crippen LogP contribution in [0.1, 0.15) is 31.0 Å². The molecule has 0 amide bonds. The number of hydrogen-bond acceptors (Lipinski definition) is 6. The van der Waals surface area contributed by atoms with Gasteiger partial charge in [0.25, 0.3) is 0 Å². The van der Waals surface area contributed by atoms with Crippen LogP contribution in [0.15, 0.2) is 72.5 Å². The number of piperidine rings is 1. The largest absolute Gasteiger partial charge is 0.383 e. The van der Waals surface area contributed by atoms with E-state index in [1.165, 1.54) is 11.1 Å². The van der Waals surface area contributed by atoms with Gasteiger partial charge in [-0.2, -0.15) is 0 Å². The van der Waals surface area contributed by atoms with Crippen molar-refractivity contribution in [3.8, 4) is 17.1 Å². The molecule has 1 saturated heterocycles. The van der Waals surface area contributed by atoms with E-state index in [1.54, 1.807) is 6.20 Å². The van der Waals surface area contributed by atoms with Crippen LogP contribution < -0.4 is 11.5 Å². The number of nitrogen functional groups attached to an aromatic ring is 1. The molecule has 4 aromatic rings. The van der Waals surface area contributed by atoms with Gasteiger partial charge in [0, 0.05) is 30.0 Å². The second kappa shape index (κ2) is 8.76. The van der Waals surface area contributed by atoms with E-state index in [9.17, 15) is 0 Å². The molecule has 2 aliphatic rings. The van der Waals surface area contributed by atoms with Gasteiger partial charge in [-0.1, -0.05) is 12.1 Å². The van der Waals surface area contributed by atoms with Crippen LogP contribution in [0.4, 0.5) is 5.82 Å². The lowest BCUT2D eigenvalue weighted by Crippen LogP contribution is -2.39. The second-order valence-electron chi connectivity index (χ2n) is 9.51. The van der Waals surface area contributed by atoms with Crippen molar-refractivity contribution in [1.29, 1.82) is 0 Å². The number of rotatable bonds is 5. The van der Waals surface area contributed by atoms with Gasteiger partial charge in [-0.15, -0.1) is 0 Å². The second-order valence-corrected chi connectivity index (χ2v) is 9.51. The molecule has 0 atom stereocenters. The smallest absolute Gasteiger partial charge is 0.165 e. The highest BCUT2D eigenvalue weighted by Crippen LogP contribution is 2.32. The number of nitrogens with two attached hydrogens (primary N) is 2. The molecule has 0 spiro atoms. The molecule has 0 bridgehead atoms. The number of allylic oxidation sites excluding steroid dienone is 4. The molecule has 7 heteroatoms. The summed E-state index contributed by atoms with van der Waals surface area (Å²) in [5, 5.41) is 0. The van der Waals surface area contributed by atoms with Gasteiger partial charge in [0.1, 0.15) is 11.3 Å². The van der Waals surface area contributed by atoms with Crippen LogP contribution in [0, 0.1) is 0 Å². The molecule has 35 heavy (non-hydrogen) atoms. The zero-order chi connectivity index (χ0) is 23.9. The van der Waals surface area contributed by atoms with E-state index in [0.29, 0.717) is 11.9 Å². The fourth-order valence-corrected chi connectivity index (χ4v) is 4.90. The minimum absolute atomic E-state index is 0.342. The fourth-order valence-electron chi connectivity index (χ4n) is 4.90. The normalized spacial score (nSPS) is 16.7. The number of imidazole rings is 1. The first kappa shape index (κ1) is 21.7. The van der Waals surface area contributed by atoms with Crippen LogP contribution in [0.25, 0.3) is 33.8 Å². The predicted molar refractivity (Wildman–Crippen MR) is 141 cm³/mol. The molecule has 176 valence electrons. The SMILES string of the molecule is CC1=CC(c2ccc3nc(-c4cccnc4N)n(-c4ccc(CN5CCC(N)CC5)cc4)c3n2)=C1. The van der Waals surface area contributed by atoms with Gasteiger partial charge in [-0.3, -0.25) is 9.47 Å². The van der Waals surface area contributed by atoms with Crippen molar-refractivity contribution >= 4 is 22.6 Å². The summed E-state index contributed by atoms with van der Waals surface area (Å²) in [6.45, 7) is 5.13. The third-order valence-corrected chi connectivity index (χ3v) is 6.88. The molecule has 1 aliphatic heterocycles. The van der Waals surface area contributed by atoms with Gasteiger partial charge in [-0.25, -0.2) is 15.0 Å². The number of anilines is 1. The van der Waals surface area contributed by atoms with Gasteiger partial charge in [0.15, 0.2) is 11.5 Å². The van der Waals surface area contributed by atoms with Crippen molar-refractivity contribution in [2.24, 2.45) is 5.73 Å². The maximum Gasteiger partial charge on any atom is 0.165 e. The Bertz CT molecular complexity index is 1450. The molecule has 1 fully saturated rings. The lowest BCUT2D eigenvalue weighted by molar-refractivity contribution is 0.205. The summed E-state index contributed by atoms with van der Waals surface area (Å²) in [7, 11) is 0. The summed E-state index contributed by atoms with van der Waals surface area (Å²) < 4.78 is 2.09. The third-order valence-electron chi connectivity index (χ3n) is 6.88. The Morgan fingerprint density at radius 2 is 1.74 bits per heavy atom. The summed E-state index contributed by atoms with van der Waals surface area (Å²) in [6, 6.07) is 16.9. The summed E-state index contributed by atoms with van der Waals surface area (Å²) in [5.74, 6) is 1.19. The Morgan fingerprint density at radius 1 is 0.971 bits per heavy atom. The van der Waals surface area contributed by atoms with Gasteiger partial charge in [0.2, 0.25) is 0 Å². The van der Waals surface area contributed by atoms with E-state index >= 15 is 0 Å². The highest BCUT2D eigenvalue weighted by molar-refractivity contribution is 5.87. The van der Waals surface area contributed by atoms with Crippen molar-refractivity contribution in [1.82, 2.24) is 24.4 Å². The maximum atomic E-state index is 6.27. The molecule has 0 radical (unpaired) electrons. The van der Waals surface area contributed by atoms with Gasteiger partial charge < -0.3 is 11.5 Å². The number of benzene rings is 1. The number of hydrogen-bond donors (Lipinski definition) is 2. The molecule has 1 aliphatic carbocycles. The van der Waals surface area contributed by atoms with Crippen LogP contribution in [-0.2, 0) is 6.54 Å². The minimum Gasteiger partial charge on any atom is -0.383 e. The van der Waals surface area contributed by atoms with Crippen LogP contribution >= 0.6 is 0 Å². The van der Waals surface area contributed by atoms with Gasteiger partial charge in [0.05, 0.1) is 11.3 Å². The number of aromatic nitrogens is 4. The highest BCUT2D eigenvalue weighted by atomic mass is 15.1. The predicted octanol–water partition coefficient (Wildman–Crippen LogP) is 4.33.